The van der Waals surface area contributed by atoms with Gasteiger partial charge in [-0.1, -0.05) is 29.8 Å². The van der Waals surface area contributed by atoms with Gasteiger partial charge in [0, 0.05) is 18.2 Å². The number of benzene rings is 1. The van der Waals surface area contributed by atoms with E-state index in [4.69, 9.17) is 11.6 Å². The lowest BCUT2D eigenvalue weighted by Crippen LogP contribution is -1.90. The first-order valence-corrected chi connectivity index (χ1v) is 5.89. The second kappa shape index (κ2) is 4.57. The van der Waals surface area contributed by atoms with Crippen LogP contribution in [0.3, 0.4) is 0 Å². The Bertz CT molecular complexity index is 525. The number of nitrogens with zero attached hydrogens (tertiary/aromatic N) is 2. The molecule has 84 valence electrons. The van der Waals surface area contributed by atoms with E-state index in [1.807, 2.05) is 25.2 Å². The zero-order valence-corrected chi connectivity index (χ0v) is 11.0. The van der Waals surface area contributed by atoms with Crippen molar-refractivity contribution in [2.75, 3.05) is 0 Å². The zero-order chi connectivity index (χ0) is 11.7. The second-order valence-corrected chi connectivity index (χ2v) is 4.54. The molecule has 0 amide bonds. The Labute approximate surface area is 107 Å². The number of aromatic nitrogens is 2. The van der Waals surface area contributed by atoms with Crippen molar-refractivity contribution in [1.29, 1.82) is 0 Å². The van der Waals surface area contributed by atoms with Gasteiger partial charge in [-0.05, 0) is 22.0 Å². The van der Waals surface area contributed by atoms with Gasteiger partial charge in [0.1, 0.15) is 10.3 Å². The van der Waals surface area contributed by atoms with Gasteiger partial charge in [-0.3, -0.25) is 4.68 Å². The van der Waals surface area contributed by atoms with Crippen molar-refractivity contribution in [2.24, 2.45) is 7.05 Å². The second-order valence-electron chi connectivity index (χ2n) is 3.38. The normalized spacial score (nSPS) is 10.8. The highest BCUT2D eigenvalue weighted by Gasteiger charge is 2.16. The van der Waals surface area contributed by atoms with E-state index in [2.05, 4.69) is 21.0 Å². The third kappa shape index (κ3) is 1.88. The Kier molecular flexibility index (Phi) is 3.33. The van der Waals surface area contributed by atoms with Crippen molar-refractivity contribution in [2.45, 2.75) is 6.61 Å². The average molecular weight is 302 g/mol. The molecule has 0 bridgehead atoms. The van der Waals surface area contributed by atoms with E-state index in [-0.39, 0.29) is 6.61 Å². The fourth-order valence-electron chi connectivity index (χ4n) is 1.56. The van der Waals surface area contributed by atoms with Gasteiger partial charge >= 0.3 is 0 Å². The molecule has 0 aliphatic carbocycles. The quantitative estimate of drug-likeness (QED) is 0.926. The summed E-state index contributed by atoms with van der Waals surface area (Å²) in [5.41, 5.74) is 2.28. The lowest BCUT2D eigenvalue weighted by Gasteiger charge is -2.02. The predicted octanol–water partition coefficient (Wildman–Crippen LogP) is 3.00. The zero-order valence-electron chi connectivity index (χ0n) is 8.61. The lowest BCUT2D eigenvalue weighted by molar-refractivity contribution is 0.281. The van der Waals surface area contributed by atoms with Crippen LogP contribution in [-0.2, 0) is 13.7 Å². The van der Waals surface area contributed by atoms with E-state index in [0.717, 1.165) is 15.7 Å². The summed E-state index contributed by atoms with van der Waals surface area (Å²) in [6, 6.07) is 7.45. The number of aryl methyl sites for hydroxylation is 1. The van der Waals surface area contributed by atoms with Crippen LogP contribution in [0.1, 0.15) is 5.56 Å². The van der Waals surface area contributed by atoms with E-state index >= 15 is 0 Å². The minimum atomic E-state index is -0.0744. The van der Waals surface area contributed by atoms with E-state index < -0.39 is 0 Å². The molecule has 0 atom stereocenters. The molecule has 1 N–H and O–H groups in total. The van der Waals surface area contributed by atoms with E-state index in [0.29, 0.717) is 10.7 Å². The molecule has 1 aromatic carbocycles. The van der Waals surface area contributed by atoms with Crippen molar-refractivity contribution < 1.29 is 5.11 Å². The van der Waals surface area contributed by atoms with Gasteiger partial charge in [-0.2, -0.15) is 5.10 Å². The highest BCUT2D eigenvalue weighted by molar-refractivity contribution is 9.10. The van der Waals surface area contributed by atoms with Crippen LogP contribution in [0.4, 0.5) is 0 Å². The van der Waals surface area contributed by atoms with Crippen molar-refractivity contribution in [3.05, 3.63) is 39.5 Å². The summed E-state index contributed by atoms with van der Waals surface area (Å²) in [5.74, 6) is 0. The third-order valence-corrected chi connectivity index (χ3v) is 3.68. The van der Waals surface area contributed by atoms with Crippen molar-refractivity contribution >= 4 is 27.5 Å². The van der Waals surface area contributed by atoms with Crippen LogP contribution >= 0.6 is 27.5 Å². The summed E-state index contributed by atoms with van der Waals surface area (Å²) in [7, 11) is 1.81. The maximum Gasteiger partial charge on any atom is 0.109 e. The fraction of sp³-hybridized carbons (Fsp3) is 0.182. The van der Waals surface area contributed by atoms with E-state index in [9.17, 15) is 5.11 Å². The lowest BCUT2D eigenvalue weighted by atomic mass is 10.1. The third-order valence-electron chi connectivity index (χ3n) is 2.36. The molecule has 0 fully saturated rings. The van der Waals surface area contributed by atoms with Crippen LogP contribution in [0.5, 0.6) is 0 Å². The molecule has 0 saturated heterocycles. The maximum absolute atomic E-state index is 9.34. The molecular formula is C11H10BrClN2O. The molecule has 3 nitrogen and oxygen atoms in total. The number of halogens is 2. The molecule has 2 aromatic rings. The summed E-state index contributed by atoms with van der Waals surface area (Å²) < 4.78 is 2.44. The molecule has 0 aliphatic rings. The summed E-state index contributed by atoms with van der Waals surface area (Å²) in [6.07, 6.45) is 0. The van der Waals surface area contributed by atoms with Gasteiger partial charge in [0.15, 0.2) is 0 Å². The van der Waals surface area contributed by atoms with Crippen LogP contribution in [0.2, 0.25) is 5.02 Å². The minimum Gasteiger partial charge on any atom is -0.391 e. The Morgan fingerprint density at radius 1 is 1.44 bits per heavy atom. The van der Waals surface area contributed by atoms with Crippen molar-refractivity contribution in [3.63, 3.8) is 0 Å². The summed E-state index contributed by atoms with van der Waals surface area (Å²) >= 11 is 9.48. The first-order valence-electron chi connectivity index (χ1n) is 4.72. The predicted molar refractivity (Wildman–Crippen MR) is 67.3 cm³/mol. The minimum absolute atomic E-state index is 0.0744. The van der Waals surface area contributed by atoms with Crippen LogP contribution in [0.15, 0.2) is 28.9 Å². The Morgan fingerprint density at radius 3 is 2.75 bits per heavy atom. The number of rotatable bonds is 2. The van der Waals surface area contributed by atoms with Gasteiger partial charge in [-0.25, -0.2) is 0 Å². The van der Waals surface area contributed by atoms with Crippen LogP contribution in [0.25, 0.3) is 11.3 Å². The van der Waals surface area contributed by atoms with Gasteiger partial charge in [0.05, 0.1) is 11.6 Å². The van der Waals surface area contributed by atoms with Gasteiger partial charge in [0.2, 0.25) is 0 Å². The van der Waals surface area contributed by atoms with Gasteiger partial charge in [-0.15, -0.1) is 0 Å². The van der Waals surface area contributed by atoms with E-state index in [1.54, 1.807) is 10.7 Å². The monoisotopic (exact) mass is 300 g/mol. The smallest absolute Gasteiger partial charge is 0.109 e. The van der Waals surface area contributed by atoms with Crippen molar-refractivity contribution in [3.8, 4) is 11.3 Å². The first-order chi connectivity index (χ1) is 7.65. The standard InChI is InChI=1S/C11H10BrClN2O/c1-15-11(12)8(6-16)10(14-15)7-4-2-3-5-9(7)13/h2-5,16H,6H2,1H3. The maximum atomic E-state index is 9.34. The molecule has 16 heavy (non-hydrogen) atoms. The Hall–Kier alpha value is -0.840. The Balaban J connectivity index is 2.65. The molecule has 1 aromatic heterocycles. The highest BCUT2D eigenvalue weighted by Crippen LogP contribution is 2.32. The number of aliphatic hydroxyl groups is 1. The molecule has 0 radical (unpaired) electrons. The van der Waals surface area contributed by atoms with Gasteiger partial charge < -0.3 is 5.11 Å². The Morgan fingerprint density at radius 2 is 2.12 bits per heavy atom. The molecule has 0 aliphatic heterocycles. The molecular weight excluding hydrogens is 291 g/mol. The topological polar surface area (TPSA) is 38.0 Å². The fourth-order valence-corrected chi connectivity index (χ4v) is 2.17. The number of aliphatic hydroxyl groups excluding tert-OH is 1. The molecule has 1 heterocycles. The largest absolute Gasteiger partial charge is 0.391 e. The van der Waals surface area contributed by atoms with Crippen LogP contribution in [-0.4, -0.2) is 14.9 Å². The van der Waals surface area contributed by atoms with E-state index in [1.165, 1.54) is 0 Å². The molecule has 0 spiro atoms. The summed E-state index contributed by atoms with van der Waals surface area (Å²) in [5, 5.41) is 14.3. The summed E-state index contributed by atoms with van der Waals surface area (Å²) in [6.45, 7) is -0.0744. The van der Waals surface area contributed by atoms with Crippen LogP contribution in [0, 0.1) is 0 Å². The molecule has 2 rings (SSSR count). The molecule has 0 saturated carbocycles. The van der Waals surface area contributed by atoms with Gasteiger partial charge in [0.25, 0.3) is 0 Å². The highest BCUT2D eigenvalue weighted by atomic mass is 79.9. The summed E-state index contributed by atoms with van der Waals surface area (Å²) in [4.78, 5) is 0. The average Bonchev–Trinajstić information content (AvgIpc) is 2.56. The van der Waals surface area contributed by atoms with Crippen LogP contribution < -0.4 is 0 Å². The number of hydrogen-bond acceptors (Lipinski definition) is 2. The number of hydrogen-bond donors (Lipinski definition) is 1. The molecule has 0 unspecified atom stereocenters. The SMILES string of the molecule is Cn1nc(-c2ccccc2Cl)c(CO)c1Br. The van der Waals surface area contributed by atoms with Crippen molar-refractivity contribution in [1.82, 2.24) is 9.78 Å². The molecule has 5 heteroatoms. The first kappa shape index (κ1) is 11.6.